The topological polar surface area (TPSA) is 68.2 Å². The van der Waals surface area contributed by atoms with Crippen LogP contribution < -0.4 is 16.2 Å². The van der Waals surface area contributed by atoms with Gasteiger partial charge in [0.15, 0.2) is 0 Å². The third kappa shape index (κ3) is 4.04. The smallest absolute Gasteiger partial charge is 0.283 e. The number of aromatic nitrogens is 2. The maximum absolute atomic E-state index is 11.9. The van der Waals surface area contributed by atoms with Crippen LogP contribution in [0.15, 0.2) is 15.5 Å². The minimum Gasteiger partial charge on any atom is -0.380 e. The van der Waals surface area contributed by atoms with Crippen LogP contribution in [0.4, 0.5) is 5.69 Å². The Kier molecular flexibility index (Phi) is 6.00. The number of hydrogen-bond donors (Lipinski definition) is 2. The zero-order valence-electron chi connectivity index (χ0n) is 11.7. The van der Waals surface area contributed by atoms with E-state index in [1.165, 1.54) is 4.68 Å². The van der Waals surface area contributed by atoms with E-state index < -0.39 is 0 Å². The van der Waals surface area contributed by atoms with Crippen molar-refractivity contribution in [2.75, 3.05) is 31.6 Å². The highest BCUT2D eigenvalue weighted by atomic mass is 79.9. The van der Waals surface area contributed by atoms with E-state index in [2.05, 4.69) is 31.7 Å². The van der Waals surface area contributed by atoms with Crippen molar-refractivity contribution in [2.45, 2.75) is 32.4 Å². The molecule has 0 bridgehead atoms. The molecule has 1 aliphatic heterocycles. The van der Waals surface area contributed by atoms with E-state index in [1.807, 2.05) is 6.92 Å². The van der Waals surface area contributed by atoms with Gasteiger partial charge in [-0.1, -0.05) is 0 Å². The second-order valence-corrected chi connectivity index (χ2v) is 5.53. The summed E-state index contributed by atoms with van der Waals surface area (Å²) < 4.78 is 7.74. The van der Waals surface area contributed by atoms with Crippen molar-refractivity contribution in [1.82, 2.24) is 15.1 Å². The lowest BCUT2D eigenvalue weighted by atomic mass is 10.1. The van der Waals surface area contributed by atoms with Crippen LogP contribution in [-0.2, 0) is 11.3 Å². The molecule has 1 fully saturated rings. The zero-order valence-corrected chi connectivity index (χ0v) is 13.3. The lowest BCUT2D eigenvalue weighted by Crippen LogP contribution is -2.33. The molecule has 2 N–H and O–H groups in total. The molecular weight excluding hydrogens is 324 g/mol. The van der Waals surface area contributed by atoms with Crippen molar-refractivity contribution in [1.29, 1.82) is 0 Å². The molecule has 1 aliphatic rings. The molecule has 2 rings (SSSR count). The van der Waals surface area contributed by atoms with E-state index in [-0.39, 0.29) is 5.56 Å². The normalized spacial score (nSPS) is 16.3. The summed E-state index contributed by atoms with van der Waals surface area (Å²) in [5.74, 6) is 0. The molecule has 6 nitrogen and oxygen atoms in total. The second kappa shape index (κ2) is 7.75. The van der Waals surface area contributed by atoms with Crippen molar-refractivity contribution in [3.63, 3.8) is 0 Å². The van der Waals surface area contributed by atoms with Gasteiger partial charge in [-0.15, -0.1) is 0 Å². The van der Waals surface area contributed by atoms with E-state index in [9.17, 15) is 4.79 Å². The number of nitrogens with zero attached hydrogens (tertiary/aromatic N) is 2. The summed E-state index contributed by atoms with van der Waals surface area (Å²) in [6.07, 6.45) is 4.16. The van der Waals surface area contributed by atoms with Gasteiger partial charge in [0.2, 0.25) is 0 Å². The molecule has 0 amide bonds. The highest BCUT2D eigenvalue weighted by Gasteiger charge is 2.13. The molecule has 0 unspecified atom stereocenters. The molecular formula is C13H21BrN4O2. The Morgan fingerprint density at radius 2 is 2.30 bits per heavy atom. The molecule has 7 heteroatoms. The summed E-state index contributed by atoms with van der Waals surface area (Å²) in [6, 6.07) is 0. The third-order valence-electron chi connectivity index (χ3n) is 3.34. The standard InChI is InChI=1S/C13H21BrN4O2/c1-2-18-13(19)12(14)11(9-17-18)16-7-8-20-10-3-5-15-6-4-10/h9-10,15-16H,2-8H2,1H3. The Hall–Kier alpha value is -0.920. The van der Waals surface area contributed by atoms with Gasteiger partial charge in [0.25, 0.3) is 5.56 Å². The predicted molar refractivity (Wildman–Crippen MR) is 82.2 cm³/mol. The fourth-order valence-electron chi connectivity index (χ4n) is 2.19. The molecule has 1 aromatic heterocycles. The van der Waals surface area contributed by atoms with E-state index in [0.29, 0.717) is 36.0 Å². The van der Waals surface area contributed by atoms with E-state index in [4.69, 9.17) is 4.74 Å². The molecule has 0 atom stereocenters. The Morgan fingerprint density at radius 3 is 3.00 bits per heavy atom. The summed E-state index contributed by atoms with van der Waals surface area (Å²) in [6.45, 7) is 5.82. The Bertz CT molecular complexity index is 486. The molecule has 20 heavy (non-hydrogen) atoms. The first kappa shape index (κ1) is 15.5. The van der Waals surface area contributed by atoms with Crippen LogP contribution in [-0.4, -0.2) is 42.1 Å². The first-order chi connectivity index (χ1) is 9.72. The van der Waals surface area contributed by atoms with Gasteiger partial charge in [-0.25, -0.2) is 4.68 Å². The molecule has 0 saturated carbocycles. The number of aryl methyl sites for hydroxylation is 1. The molecule has 2 heterocycles. The Balaban J connectivity index is 1.79. The van der Waals surface area contributed by atoms with Gasteiger partial charge in [0.05, 0.1) is 24.6 Å². The van der Waals surface area contributed by atoms with Crippen LogP contribution in [0.2, 0.25) is 0 Å². The molecule has 1 saturated heterocycles. The van der Waals surface area contributed by atoms with E-state index in [0.717, 1.165) is 25.9 Å². The summed E-state index contributed by atoms with van der Waals surface area (Å²) in [7, 11) is 0. The fourth-order valence-corrected chi connectivity index (χ4v) is 2.63. The minimum atomic E-state index is -0.114. The van der Waals surface area contributed by atoms with Crippen LogP contribution in [0.3, 0.4) is 0 Å². The van der Waals surface area contributed by atoms with Crippen molar-refractivity contribution in [2.24, 2.45) is 0 Å². The highest BCUT2D eigenvalue weighted by Crippen LogP contribution is 2.15. The fraction of sp³-hybridized carbons (Fsp3) is 0.692. The van der Waals surface area contributed by atoms with Crippen molar-refractivity contribution in [3.05, 3.63) is 21.0 Å². The number of rotatable bonds is 6. The number of hydrogen-bond acceptors (Lipinski definition) is 5. The second-order valence-electron chi connectivity index (χ2n) is 4.74. The average molecular weight is 345 g/mol. The first-order valence-corrected chi connectivity index (χ1v) is 7.83. The van der Waals surface area contributed by atoms with Crippen LogP contribution in [0.25, 0.3) is 0 Å². The van der Waals surface area contributed by atoms with Gasteiger partial charge in [-0.05, 0) is 48.8 Å². The third-order valence-corrected chi connectivity index (χ3v) is 4.11. The quantitative estimate of drug-likeness (QED) is 0.759. The van der Waals surface area contributed by atoms with Crippen LogP contribution in [0.1, 0.15) is 19.8 Å². The van der Waals surface area contributed by atoms with E-state index in [1.54, 1.807) is 6.20 Å². The number of anilines is 1. The van der Waals surface area contributed by atoms with Crippen LogP contribution >= 0.6 is 15.9 Å². The maximum atomic E-state index is 11.9. The van der Waals surface area contributed by atoms with Crippen molar-refractivity contribution >= 4 is 21.6 Å². The first-order valence-electron chi connectivity index (χ1n) is 7.04. The van der Waals surface area contributed by atoms with Gasteiger partial charge in [0, 0.05) is 13.1 Å². The summed E-state index contributed by atoms with van der Waals surface area (Å²) >= 11 is 3.32. The summed E-state index contributed by atoms with van der Waals surface area (Å²) in [5.41, 5.74) is 0.602. The van der Waals surface area contributed by atoms with Gasteiger partial charge in [-0.3, -0.25) is 4.79 Å². The van der Waals surface area contributed by atoms with Gasteiger partial charge < -0.3 is 15.4 Å². The van der Waals surface area contributed by atoms with Crippen molar-refractivity contribution in [3.8, 4) is 0 Å². The predicted octanol–water partition coefficient (Wildman–Crippen LogP) is 1.21. The summed E-state index contributed by atoms with van der Waals surface area (Å²) in [5, 5.41) is 10.6. The SMILES string of the molecule is CCn1ncc(NCCOC2CCNCC2)c(Br)c1=O. The van der Waals surface area contributed by atoms with Crippen molar-refractivity contribution < 1.29 is 4.74 Å². The number of piperidine rings is 1. The molecule has 1 aromatic rings. The van der Waals surface area contributed by atoms with E-state index >= 15 is 0 Å². The molecule has 0 spiro atoms. The molecule has 0 aliphatic carbocycles. The lowest BCUT2D eigenvalue weighted by Gasteiger charge is -2.23. The van der Waals surface area contributed by atoms with Crippen LogP contribution in [0.5, 0.6) is 0 Å². The summed E-state index contributed by atoms with van der Waals surface area (Å²) in [4.78, 5) is 11.9. The van der Waals surface area contributed by atoms with Gasteiger partial charge in [-0.2, -0.15) is 5.10 Å². The maximum Gasteiger partial charge on any atom is 0.283 e. The molecule has 112 valence electrons. The molecule has 0 radical (unpaired) electrons. The Morgan fingerprint density at radius 1 is 1.55 bits per heavy atom. The van der Waals surface area contributed by atoms with Gasteiger partial charge in [0.1, 0.15) is 4.47 Å². The zero-order chi connectivity index (χ0) is 14.4. The number of nitrogens with one attached hydrogen (secondary N) is 2. The number of halogens is 1. The van der Waals surface area contributed by atoms with Gasteiger partial charge >= 0.3 is 0 Å². The van der Waals surface area contributed by atoms with Crippen LogP contribution in [0, 0.1) is 0 Å². The lowest BCUT2D eigenvalue weighted by molar-refractivity contribution is 0.0394. The monoisotopic (exact) mass is 344 g/mol. The molecule has 0 aromatic carbocycles. The Labute approximate surface area is 127 Å². The minimum absolute atomic E-state index is 0.114. The average Bonchev–Trinajstić information content (AvgIpc) is 2.49. The highest BCUT2D eigenvalue weighted by molar-refractivity contribution is 9.10. The largest absolute Gasteiger partial charge is 0.380 e. The number of ether oxygens (including phenoxy) is 1.